The average Bonchev–Trinajstić information content (AvgIpc) is 2.75. The molecule has 0 saturated carbocycles. The van der Waals surface area contributed by atoms with Crippen molar-refractivity contribution in [3.8, 4) is 0 Å². The molecule has 3 nitrogen and oxygen atoms in total. The molecule has 1 aliphatic heterocycles. The van der Waals surface area contributed by atoms with Crippen molar-refractivity contribution < 1.29 is 8.42 Å². The molecule has 19 heavy (non-hydrogen) atoms. The Morgan fingerprint density at radius 2 is 2.05 bits per heavy atom. The van der Waals surface area contributed by atoms with Gasteiger partial charge in [-0.15, -0.1) is 0 Å². The van der Waals surface area contributed by atoms with Gasteiger partial charge in [-0.2, -0.15) is 0 Å². The van der Waals surface area contributed by atoms with Crippen LogP contribution in [0.15, 0.2) is 30.3 Å². The first-order valence-electron chi connectivity index (χ1n) is 7.00. The van der Waals surface area contributed by atoms with E-state index < -0.39 is 9.84 Å². The normalized spacial score (nSPS) is 23.3. The van der Waals surface area contributed by atoms with E-state index >= 15 is 0 Å². The summed E-state index contributed by atoms with van der Waals surface area (Å²) in [5, 5.41) is 3.33. The number of benzene rings is 1. The molecule has 1 aromatic carbocycles. The highest BCUT2D eigenvalue weighted by Gasteiger charge is 2.29. The standard InChI is InChI=1S/C15H23NO2S/c1-16-15(8-7-13-5-3-2-4-6-13)11-14-9-10-19(17,18)12-14/h2-6,14-16H,7-12H2,1H3. The second-order valence-electron chi connectivity index (χ2n) is 5.51. The summed E-state index contributed by atoms with van der Waals surface area (Å²) >= 11 is 0. The predicted molar refractivity (Wildman–Crippen MR) is 79.0 cm³/mol. The minimum absolute atomic E-state index is 0.346. The van der Waals surface area contributed by atoms with Crippen LogP contribution in [0.25, 0.3) is 0 Å². The maximum absolute atomic E-state index is 11.5. The second kappa shape index (κ2) is 6.53. The highest BCUT2D eigenvalue weighted by Crippen LogP contribution is 2.24. The van der Waals surface area contributed by atoms with Crippen molar-refractivity contribution in [3.05, 3.63) is 35.9 Å². The molecule has 2 rings (SSSR count). The van der Waals surface area contributed by atoms with E-state index in [0.717, 1.165) is 25.7 Å². The summed E-state index contributed by atoms with van der Waals surface area (Å²) in [6, 6.07) is 10.9. The summed E-state index contributed by atoms with van der Waals surface area (Å²) in [6.45, 7) is 0. The van der Waals surface area contributed by atoms with Crippen LogP contribution in [-0.2, 0) is 16.3 Å². The van der Waals surface area contributed by atoms with Crippen molar-refractivity contribution in [1.82, 2.24) is 5.32 Å². The minimum atomic E-state index is -2.74. The van der Waals surface area contributed by atoms with Gasteiger partial charge in [0, 0.05) is 6.04 Å². The van der Waals surface area contributed by atoms with E-state index in [1.807, 2.05) is 13.1 Å². The molecule has 0 amide bonds. The van der Waals surface area contributed by atoms with Crippen molar-refractivity contribution in [3.63, 3.8) is 0 Å². The van der Waals surface area contributed by atoms with E-state index in [9.17, 15) is 8.42 Å². The molecule has 1 heterocycles. The van der Waals surface area contributed by atoms with Crippen molar-refractivity contribution in [2.75, 3.05) is 18.6 Å². The highest BCUT2D eigenvalue weighted by atomic mass is 32.2. The van der Waals surface area contributed by atoms with Crippen LogP contribution in [-0.4, -0.2) is 33.0 Å². The van der Waals surface area contributed by atoms with E-state index in [-0.39, 0.29) is 0 Å². The van der Waals surface area contributed by atoms with Gasteiger partial charge in [0.25, 0.3) is 0 Å². The fourth-order valence-corrected chi connectivity index (χ4v) is 4.71. The van der Waals surface area contributed by atoms with Crippen LogP contribution in [0.4, 0.5) is 0 Å². The Morgan fingerprint density at radius 3 is 2.63 bits per heavy atom. The van der Waals surface area contributed by atoms with Gasteiger partial charge in [-0.3, -0.25) is 0 Å². The molecule has 1 N–H and O–H groups in total. The van der Waals surface area contributed by atoms with Crippen molar-refractivity contribution in [2.24, 2.45) is 5.92 Å². The lowest BCUT2D eigenvalue weighted by molar-refractivity contribution is 0.407. The molecule has 4 heteroatoms. The second-order valence-corrected chi connectivity index (χ2v) is 7.74. The number of aryl methyl sites for hydroxylation is 1. The molecule has 1 aliphatic rings. The number of rotatable bonds is 6. The van der Waals surface area contributed by atoms with Gasteiger partial charge in [-0.05, 0) is 44.2 Å². The molecule has 0 aliphatic carbocycles. The Kier molecular flexibility index (Phi) is 4.99. The van der Waals surface area contributed by atoms with Gasteiger partial charge in [-0.25, -0.2) is 8.42 Å². The van der Waals surface area contributed by atoms with Crippen LogP contribution in [0, 0.1) is 5.92 Å². The van der Waals surface area contributed by atoms with Crippen LogP contribution >= 0.6 is 0 Å². The SMILES string of the molecule is CNC(CCc1ccccc1)CC1CCS(=O)(=O)C1. The molecular weight excluding hydrogens is 258 g/mol. The summed E-state index contributed by atoms with van der Waals surface area (Å²) in [6.07, 6.45) is 3.93. The van der Waals surface area contributed by atoms with E-state index in [2.05, 4.69) is 29.6 Å². The quantitative estimate of drug-likeness (QED) is 0.868. The molecular formula is C15H23NO2S. The van der Waals surface area contributed by atoms with Crippen LogP contribution in [0.1, 0.15) is 24.8 Å². The Bertz CT molecular complexity index is 484. The smallest absolute Gasteiger partial charge is 0.150 e. The highest BCUT2D eigenvalue weighted by molar-refractivity contribution is 7.91. The third-order valence-electron chi connectivity index (χ3n) is 3.98. The monoisotopic (exact) mass is 281 g/mol. The summed E-state index contributed by atoms with van der Waals surface area (Å²) in [5.41, 5.74) is 1.35. The summed E-state index contributed by atoms with van der Waals surface area (Å²) in [5.74, 6) is 1.11. The van der Waals surface area contributed by atoms with Gasteiger partial charge in [0.05, 0.1) is 11.5 Å². The van der Waals surface area contributed by atoms with E-state index in [1.54, 1.807) is 0 Å². The van der Waals surface area contributed by atoms with Gasteiger partial charge in [0.2, 0.25) is 0 Å². The average molecular weight is 281 g/mol. The van der Waals surface area contributed by atoms with Crippen molar-refractivity contribution in [2.45, 2.75) is 31.7 Å². The van der Waals surface area contributed by atoms with Gasteiger partial charge < -0.3 is 5.32 Å². The van der Waals surface area contributed by atoms with Crippen LogP contribution in [0.5, 0.6) is 0 Å². The fraction of sp³-hybridized carbons (Fsp3) is 0.600. The zero-order valence-corrected chi connectivity index (χ0v) is 12.3. The Labute approximate surface area is 116 Å². The predicted octanol–water partition coefficient (Wildman–Crippen LogP) is 2.03. The molecule has 0 bridgehead atoms. The van der Waals surface area contributed by atoms with Crippen LogP contribution in [0.2, 0.25) is 0 Å². The van der Waals surface area contributed by atoms with Crippen molar-refractivity contribution in [1.29, 1.82) is 0 Å². The zero-order valence-electron chi connectivity index (χ0n) is 11.5. The van der Waals surface area contributed by atoms with E-state index in [0.29, 0.717) is 23.5 Å². The zero-order chi connectivity index (χ0) is 13.7. The summed E-state index contributed by atoms with van der Waals surface area (Å²) in [7, 11) is -0.773. The van der Waals surface area contributed by atoms with Crippen LogP contribution in [0.3, 0.4) is 0 Å². The lowest BCUT2D eigenvalue weighted by Crippen LogP contribution is -2.28. The number of hydrogen-bond acceptors (Lipinski definition) is 3. The minimum Gasteiger partial charge on any atom is -0.317 e. The number of sulfone groups is 1. The number of nitrogens with one attached hydrogen (secondary N) is 1. The van der Waals surface area contributed by atoms with Crippen molar-refractivity contribution >= 4 is 9.84 Å². The molecule has 106 valence electrons. The maximum Gasteiger partial charge on any atom is 0.150 e. The number of hydrogen-bond donors (Lipinski definition) is 1. The fourth-order valence-electron chi connectivity index (χ4n) is 2.83. The third-order valence-corrected chi connectivity index (χ3v) is 5.81. The summed E-state index contributed by atoms with van der Waals surface area (Å²) < 4.78 is 22.9. The van der Waals surface area contributed by atoms with Gasteiger partial charge in [-0.1, -0.05) is 30.3 Å². The maximum atomic E-state index is 11.5. The molecule has 1 aromatic rings. The molecule has 2 atom stereocenters. The Balaban J connectivity index is 1.81. The van der Waals surface area contributed by atoms with E-state index in [4.69, 9.17) is 0 Å². The van der Waals surface area contributed by atoms with Crippen LogP contribution < -0.4 is 5.32 Å². The first-order valence-corrected chi connectivity index (χ1v) is 8.83. The first-order chi connectivity index (χ1) is 9.09. The largest absolute Gasteiger partial charge is 0.317 e. The first kappa shape index (κ1) is 14.5. The lowest BCUT2D eigenvalue weighted by Gasteiger charge is -2.19. The Morgan fingerprint density at radius 1 is 1.32 bits per heavy atom. The molecule has 0 aromatic heterocycles. The van der Waals surface area contributed by atoms with Gasteiger partial charge in [0.15, 0.2) is 9.84 Å². The summed E-state index contributed by atoms with van der Waals surface area (Å²) in [4.78, 5) is 0. The molecule has 1 saturated heterocycles. The van der Waals surface area contributed by atoms with E-state index in [1.165, 1.54) is 5.56 Å². The Hall–Kier alpha value is -0.870. The molecule has 1 fully saturated rings. The third kappa shape index (κ3) is 4.62. The molecule has 0 radical (unpaired) electrons. The van der Waals surface area contributed by atoms with Gasteiger partial charge >= 0.3 is 0 Å². The van der Waals surface area contributed by atoms with Gasteiger partial charge in [0.1, 0.15) is 0 Å². The lowest BCUT2D eigenvalue weighted by atomic mass is 9.95. The molecule has 2 unspecified atom stereocenters. The topological polar surface area (TPSA) is 46.2 Å². The molecule has 0 spiro atoms.